The normalized spacial score (nSPS) is 21.3. The Morgan fingerprint density at radius 2 is 1.71 bits per heavy atom. The van der Waals surface area contributed by atoms with Crippen molar-refractivity contribution in [1.82, 2.24) is 4.90 Å². The van der Waals surface area contributed by atoms with E-state index in [1.54, 1.807) is 4.90 Å². The van der Waals surface area contributed by atoms with Crippen LogP contribution in [0.25, 0.3) is 0 Å². The molecular formula is C12H17NO. The zero-order valence-electron chi connectivity index (χ0n) is 8.92. The van der Waals surface area contributed by atoms with Crippen LogP contribution in [0.3, 0.4) is 0 Å². The van der Waals surface area contributed by atoms with Gasteiger partial charge >= 0.3 is 0 Å². The highest BCUT2D eigenvalue weighted by molar-refractivity contribution is 5.83. The monoisotopic (exact) mass is 191 g/mol. The number of rotatable bonds is 1. The maximum Gasteiger partial charge on any atom is 0.232 e. The standard InChI is InChI=1S/C12H17NO/c1-13(2)12(14)11-7-9-5-3-4-6-10(9)8-11/h7-8,11H,3-6H2,1-2H3. The number of hydrogen-bond acceptors (Lipinski definition) is 1. The van der Waals surface area contributed by atoms with Gasteiger partial charge in [-0.05, 0) is 36.8 Å². The van der Waals surface area contributed by atoms with E-state index in [1.807, 2.05) is 14.1 Å². The van der Waals surface area contributed by atoms with Crippen molar-refractivity contribution in [3.63, 3.8) is 0 Å². The molecule has 0 N–H and O–H groups in total. The lowest BCUT2D eigenvalue weighted by Gasteiger charge is -2.13. The van der Waals surface area contributed by atoms with Crippen molar-refractivity contribution in [3.05, 3.63) is 23.3 Å². The number of amides is 1. The minimum absolute atomic E-state index is 0.0214. The molecule has 1 saturated carbocycles. The maximum atomic E-state index is 11.7. The summed E-state index contributed by atoms with van der Waals surface area (Å²) in [6.07, 6.45) is 9.21. The molecule has 2 aliphatic carbocycles. The predicted octanol–water partition coefficient (Wildman–Crippen LogP) is 2.13. The number of fused-ring (bicyclic) bond motifs is 1. The average molecular weight is 191 g/mol. The summed E-state index contributed by atoms with van der Waals surface area (Å²) < 4.78 is 0. The minimum Gasteiger partial charge on any atom is -0.348 e. The largest absolute Gasteiger partial charge is 0.348 e. The van der Waals surface area contributed by atoms with Gasteiger partial charge in [0.2, 0.25) is 5.91 Å². The molecule has 2 aliphatic rings. The van der Waals surface area contributed by atoms with Crippen molar-refractivity contribution in [1.29, 1.82) is 0 Å². The summed E-state index contributed by atoms with van der Waals surface area (Å²) in [7, 11) is 3.64. The lowest BCUT2D eigenvalue weighted by atomic mass is 9.92. The van der Waals surface area contributed by atoms with Crippen molar-refractivity contribution in [2.24, 2.45) is 5.92 Å². The molecule has 14 heavy (non-hydrogen) atoms. The van der Waals surface area contributed by atoms with Crippen LogP contribution in [0.2, 0.25) is 0 Å². The molecule has 76 valence electrons. The van der Waals surface area contributed by atoms with Crippen LogP contribution in [0.15, 0.2) is 23.3 Å². The molecule has 0 spiro atoms. The summed E-state index contributed by atoms with van der Waals surface area (Å²) in [5.41, 5.74) is 2.85. The first-order valence-corrected chi connectivity index (χ1v) is 5.31. The molecule has 2 nitrogen and oxygen atoms in total. The van der Waals surface area contributed by atoms with Gasteiger partial charge in [-0.3, -0.25) is 4.79 Å². The molecular weight excluding hydrogens is 174 g/mol. The van der Waals surface area contributed by atoms with Crippen LogP contribution in [-0.4, -0.2) is 24.9 Å². The fourth-order valence-corrected chi connectivity index (χ4v) is 2.26. The van der Waals surface area contributed by atoms with Crippen molar-refractivity contribution in [3.8, 4) is 0 Å². The van der Waals surface area contributed by atoms with Crippen LogP contribution in [0.4, 0.5) is 0 Å². The van der Waals surface area contributed by atoms with Gasteiger partial charge < -0.3 is 4.90 Å². The second-order valence-electron chi connectivity index (χ2n) is 4.35. The Hall–Kier alpha value is -1.05. The highest BCUT2D eigenvalue weighted by Crippen LogP contribution is 2.35. The summed E-state index contributed by atoms with van der Waals surface area (Å²) in [4.78, 5) is 13.4. The molecule has 0 aromatic rings. The average Bonchev–Trinajstić information content (AvgIpc) is 2.59. The van der Waals surface area contributed by atoms with Gasteiger partial charge in [-0.25, -0.2) is 0 Å². The molecule has 0 aromatic heterocycles. The fraction of sp³-hybridized carbons (Fsp3) is 0.583. The summed E-state index contributed by atoms with van der Waals surface area (Å²) in [5, 5.41) is 0. The topological polar surface area (TPSA) is 20.3 Å². The van der Waals surface area contributed by atoms with E-state index in [-0.39, 0.29) is 11.8 Å². The Balaban J connectivity index is 2.15. The molecule has 0 radical (unpaired) electrons. The SMILES string of the molecule is CN(C)C(=O)C1C=C2CCCCC2=C1. The van der Waals surface area contributed by atoms with E-state index in [4.69, 9.17) is 0 Å². The zero-order chi connectivity index (χ0) is 10.1. The van der Waals surface area contributed by atoms with Gasteiger partial charge in [0.25, 0.3) is 0 Å². The molecule has 0 aromatic carbocycles. The van der Waals surface area contributed by atoms with Gasteiger partial charge in [-0.1, -0.05) is 12.2 Å². The van der Waals surface area contributed by atoms with Crippen molar-refractivity contribution in [2.45, 2.75) is 25.7 Å². The van der Waals surface area contributed by atoms with Gasteiger partial charge in [0, 0.05) is 14.1 Å². The molecule has 0 atom stereocenters. The first-order valence-electron chi connectivity index (χ1n) is 5.31. The predicted molar refractivity (Wildman–Crippen MR) is 56.8 cm³/mol. The van der Waals surface area contributed by atoms with E-state index >= 15 is 0 Å². The minimum atomic E-state index is 0.0214. The lowest BCUT2D eigenvalue weighted by Crippen LogP contribution is -2.26. The maximum absolute atomic E-state index is 11.7. The van der Waals surface area contributed by atoms with Gasteiger partial charge in [-0.2, -0.15) is 0 Å². The molecule has 0 unspecified atom stereocenters. The van der Waals surface area contributed by atoms with Crippen molar-refractivity contribution in [2.75, 3.05) is 14.1 Å². The first-order chi connectivity index (χ1) is 6.68. The van der Waals surface area contributed by atoms with Crippen LogP contribution in [0.1, 0.15) is 25.7 Å². The van der Waals surface area contributed by atoms with Crippen LogP contribution in [0, 0.1) is 5.92 Å². The number of carbonyl (C=O) groups excluding carboxylic acids is 1. The van der Waals surface area contributed by atoms with Crippen molar-refractivity contribution < 1.29 is 4.79 Å². The van der Waals surface area contributed by atoms with Crippen LogP contribution < -0.4 is 0 Å². The smallest absolute Gasteiger partial charge is 0.232 e. The lowest BCUT2D eigenvalue weighted by molar-refractivity contribution is -0.130. The third kappa shape index (κ3) is 1.61. The zero-order valence-corrected chi connectivity index (χ0v) is 8.92. The molecule has 0 heterocycles. The number of hydrogen-bond donors (Lipinski definition) is 0. The van der Waals surface area contributed by atoms with E-state index in [2.05, 4.69) is 12.2 Å². The van der Waals surface area contributed by atoms with Gasteiger partial charge in [-0.15, -0.1) is 0 Å². The first kappa shape index (κ1) is 9.50. The van der Waals surface area contributed by atoms with Gasteiger partial charge in [0.15, 0.2) is 0 Å². The number of carbonyl (C=O) groups is 1. The highest BCUT2D eigenvalue weighted by Gasteiger charge is 2.25. The van der Waals surface area contributed by atoms with Gasteiger partial charge in [0.1, 0.15) is 0 Å². The number of nitrogens with zero attached hydrogens (tertiary/aromatic N) is 1. The van der Waals surface area contributed by atoms with Crippen LogP contribution >= 0.6 is 0 Å². The van der Waals surface area contributed by atoms with Crippen molar-refractivity contribution >= 4 is 5.91 Å². The molecule has 2 heteroatoms. The highest BCUT2D eigenvalue weighted by atomic mass is 16.2. The summed E-state index contributed by atoms with van der Waals surface area (Å²) in [6.45, 7) is 0. The second-order valence-corrected chi connectivity index (χ2v) is 4.35. The van der Waals surface area contributed by atoms with E-state index in [1.165, 1.54) is 36.8 Å². The second kappa shape index (κ2) is 3.60. The van der Waals surface area contributed by atoms with Gasteiger partial charge in [0.05, 0.1) is 5.92 Å². The molecule has 0 aliphatic heterocycles. The molecule has 1 fully saturated rings. The quantitative estimate of drug-likeness (QED) is 0.621. The Morgan fingerprint density at radius 3 is 2.14 bits per heavy atom. The summed E-state index contributed by atoms with van der Waals surface area (Å²) in [5.74, 6) is 0.229. The molecule has 1 amide bonds. The third-order valence-corrected chi connectivity index (χ3v) is 3.04. The van der Waals surface area contributed by atoms with E-state index < -0.39 is 0 Å². The molecule has 0 saturated heterocycles. The summed E-state index contributed by atoms with van der Waals surface area (Å²) >= 11 is 0. The van der Waals surface area contributed by atoms with E-state index in [9.17, 15) is 4.79 Å². The van der Waals surface area contributed by atoms with E-state index in [0.29, 0.717) is 0 Å². The summed E-state index contributed by atoms with van der Waals surface area (Å²) in [6, 6.07) is 0. The van der Waals surface area contributed by atoms with Crippen LogP contribution in [0.5, 0.6) is 0 Å². The Kier molecular flexibility index (Phi) is 2.44. The number of allylic oxidation sites excluding steroid dienone is 2. The third-order valence-electron chi connectivity index (χ3n) is 3.04. The Labute approximate surface area is 85.3 Å². The van der Waals surface area contributed by atoms with Crippen LogP contribution in [-0.2, 0) is 4.79 Å². The Morgan fingerprint density at radius 1 is 1.21 bits per heavy atom. The fourth-order valence-electron chi connectivity index (χ4n) is 2.26. The molecule has 0 bridgehead atoms. The molecule has 2 rings (SSSR count). The van der Waals surface area contributed by atoms with E-state index in [0.717, 1.165) is 0 Å². The Bertz CT molecular complexity index is 290.